The molecule has 2 amide bonds. The molecule has 0 spiro atoms. The molecule has 0 N–H and O–H groups in total. The Kier molecular flexibility index (Phi) is 3.72. The largest absolute Gasteiger partial charge is 0.427 e. The van der Waals surface area contributed by atoms with E-state index in [0.717, 1.165) is 22.3 Å². The van der Waals surface area contributed by atoms with Crippen LogP contribution in [0.4, 0.5) is 5.69 Å². The standard InChI is InChI=1S/C26H19NO4/c1-14(28)31-16-8-6-7-15(13-16)27-25(29)23-21-17-9-2-3-10-18(17)22(24(23)26(27)30)20-12-5-4-11-19(20)21/h2-13,21-24H,1H3/t21?,22?,23-,24-/m0/s1. The second-order valence-electron chi connectivity index (χ2n) is 8.37. The third-order valence-electron chi connectivity index (χ3n) is 6.79. The van der Waals surface area contributed by atoms with E-state index in [2.05, 4.69) is 24.3 Å². The highest BCUT2D eigenvalue weighted by Crippen LogP contribution is 2.61. The number of amides is 2. The van der Waals surface area contributed by atoms with Gasteiger partial charge >= 0.3 is 5.97 Å². The monoisotopic (exact) mass is 409 g/mol. The van der Waals surface area contributed by atoms with Gasteiger partial charge in [-0.1, -0.05) is 54.6 Å². The minimum Gasteiger partial charge on any atom is -0.427 e. The van der Waals surface area contributed by atoms with Crippen LogP contribution in [0, 0.1) is 11.8 Å². The van der Waals surface area contributed by atoms with Gasteiger partial charge in [-0.2, -0.15) is 0 Å². The smallest absolute Gasteiger partial charge is 0.308 e. The molecule has 2 bridgehead atoms. The normalized spacial score (nSPS) is 25.1. The Labute approximate surface area is 179 Å². The molecule has 3 aromatic rings. The van der Waals surface area contributed by atoms with Crippen molar-refractivity contribution in [2.75, 3.05) is 4.90 Å². The number of esters is 1. The number of hydrogen-bond acceptors (Lipinski definition) is 4. The molecule has 0 saturated carbocycles. The van der Waals surface area contributed by atoms with E-state index in [1.165, 1.54) is 11.8 Å². The van der Waals surface area contributed by atoms with E-state index >= 15 is 0 Å². The lowest BCUT2D eigenvalue weighted by molar-refractivity contribution is -0.132. The molecular formula is C26H19NO4. The zero-order valence-electron chi connectivity index (χ0n) is 16.8. The Morgan fingerprint density at radius 1 is 0.742 bits per heavy atom. The van der Waals surface area contributed by atoms with Crippen molar-refractivity contribution < 1.29 is 19.1 Å². The summed E-state index contributed by atoms with van der Waals surface area (Å²) in [5, 5.41) is 0. The van der Waals surface area contributed by atoms with Crippen molar-refractivity contribution in [1.82, 2.24) is 0 Å². The van der Waals surface area contributed by atoms with Crippen molar-refractivity contribution >= 4 is 23.5 Å². The minimum absolute atomic E-state index is 0.138. The topological polar surface area (TPSA) is 63.7 Å². The number of benzene rings is 3. The number of anilines is 1. The predicted molar refractivity (Wildman–Crippen MR) is 114 cm³/mol. The van der Waals surface area contributed by atoms with Crippen molar-refractivity contribution in [1.29, 1.82) is 0 Å². The summed E-state index contributed by atoms with van der Waals surface area (Å²) >= 11 is 0. The molecule has 7 rings (SSSR count). The van der Waals surface area contributed by atoms with E-state index in [1.54, 1.807) is 24.3 Å². The number of hydrogen-bond donors (Lipinski definition) is 0. The quantitative estimate of drug-likeness (QED) is 0.365. The van der Waals surface area contributed by atoms with Gasteiger partial charge in [0.15, 0.2) is 0 Å². The molecule has 2 atom stereocenters. The number of carbonyl (C=O) groups is 3. The maximum Gasteiger partial charge on any atom is 0.308 e. The molecule has 152 valence electrons. The third kappa shape index (κ3) is 2.40. The van der Waals surface area contributed by atoms with Gasteiger partial charge in [-0.05, 0) is 34.4 Å². The zero-order valence-corrected chi connectivity index (χ0v) is 16.8. The first-order valence-corrected chi connectivity index (χ1v) is 10.4. The Morgan fingerprint density at radius 2 is 1.23 bits per heavy atom. The summed E-state index contributed by atoms with van der Waals surface area (Å²) in [5.74, 6) is -1.65. The van der Waals surface area contributed by atoms with Gasteiger partial charge in [0.05, 0.1) is 17.5 Å². The van der Waals surface area contributed by atoms with Gasteiger partial charge in [-0.3, -0.25) is 14.4 Å². The SMILES string of the molecule is CC(=O)Oc1cccc(N2C(=O)[C@H]3C4c5ccccc5C(c5ccccc54)[C@@H]3C2=O)c1. The molecular weight excluding hydrogens is 390 g/mol. The van der Waals surface area contributed by atoms with E-state index in [4.69, 9.17) is 4.74 Å². The molecule has 4 aliphatic rings. The lowest BCUT2D eigenvalue weighted by Crippen LogP contribution is -2.41. The first-order valence-electron chi connectivity index (χ1n) is 10.4. The third-order valence-corrected chi connectivity index (χ3v) is 6.79. The van der Waals surface area contributed by atoms with Crippen molar-refractivity contribution in [2.24, 2.45) is 11.8 Å². The summed E-state index contributed by atoms with van der Waals surface area (Å²) in [6, 6.07) is 22.9. The van der Waals surface area contributed by atoms with E-state index < -0.39 is 17.8 Å². The maximum absolute atomic E-state index is 13.7. The van der Waals surface area contributed by atoms with Gasteiger partial charge in [-0.25, -0.2) is 4.90 Å². The van der Waals surface area contributed by atoms with Crippen LogP contribution in [0.3, 0.4) is 0 Å². The van der Waals surface area contributed by atoms with Gasteiger partial charge in [0.1, 0.15) is 5.75 Å². The van der Waals surface area contributed by atoms with Crippen molar-refractivity contribution in [3.05, 3.63) is 95.1 Å². The second kappa shape index (κ2) is 6.38. The van der Waals surface area contributed by atoms with Crippen molar-refractivity contribution in [3.63, 3.8) is 0 Å². The van der Waals surface area contributed by atoms with Crippen LogP contribution in [-0.2, 0) is 14.4 Å². The Morgan fingerprint density at radius 3 is 1.68 bits per heavy atom. The van der Waals surface area contributed by atoms with Gasteiger partial charge in [-0.15, -0.1) is 0 Å². The molecule has 5 nitrogen and oxygen atoms in total. The summed E-state index contributed by atoms with van der Waals surface area (Å²) in [7, 11) is 0. The van der Waals surface area contributed by atoms with Gasteiger partial charge in [0.2, 0.25) is 11.8 Å². The lowest BCUT2D eigenvalue weighted by Gasteiger charge is -2.45. The van der Waals surface area contributed by atoms with Gasteiger partial charge < -0.3 is 4.74 Å². The number of nitrogens with zero attached hydrogens (tertiary/aromatic N) is 1. The highest BCUT2D eigenvalue weighted by atomic mass is 16.5. The average molecular weight is 409 g/mol. The summed E-state index contributed by atoms with van der Waals surface area (Å²) < 4.78 is 5.17. The highest BCUT2D eigenvalue weighted by Gasteiger charge is 2.61. The molecule has 3 aromatic carbocycles. The molecule has 3 aliphatic carbocycles. The van der Waals surface area contributed by atoms with E-state index in [-0.39, 0.29) is 23.7 Å². The summed E-state index contributed by atoms with van der Waals surface area (Å²) in [6.07, 6.45) is 0. The van der Waals surface area contributed by atoms with Crippen LogP contribution in [0.15, 0.2) is 72.8 Å². The lowest BCUT2D eigenvalue weighted by atomic mass is 9.55. The van der Waals surface area contributed by atoms with Crippen LogP contribution in [0.25, 0.3) is 0 Å². The fraction of sp³-hybridized carbons (Fsp3) is 0.192. The molecule has 1 fully saturated rings. The van der Waals surface area contributed by atoms with Crippen LogP contribution in [0.2, 0.25) is 0 Å². The van der Waals surface area contributed by atoms with Crippen LogP contribution in [-0.4, -0.2) is 17.8 Å². The van der Waals surface area contributed by atoms with Crippen molar-refractivity contribution in [3.8, 4) is 5.75 Å². The fourth-order valence-electron chi connectivity index (χ4n) is 5.78. The zero-order chi connectivity index (χ0) is 21.3. The number of imide groups is 1. The number of rotatable bonds is 2. The number of ether oxygens (including phenoxy) is 1. The molecule has 1 heterocycles. The maximum atomic E-state index is 13.7. The van der Waals surface area contributed by atoms with E-state index in [1.807, 2.05) is 24.3 Å². The van der Waals surface area contributed by atoms with Crippen LogP contribution in [0.5, 0.6) is 5.75 Å². The molecule has 1 saturated heterocycles. The molecule has 0 radical (unpaired) electrons. The molecule has 31 heavy (non-hydrogen) atoms. The average Bonchev–Trinajstić information content (AvgIpc) is 3.04. The molecule has 5 heteroatoms. The second-order valence-corrected chi connectivity index (χ2v) is 8.37. The van der Waals surface area contributed by atoms with Crippen LogP contribution >= 0.6 is 0 Å². The fourth-order valence-corrected chi connectivity index (χ4v) is 5.78. The minimum atomic E-state index is -0.450. The summed E-state index contributed by atoms with van der Waals surface area (Å²) in [4.78, 5) is 40.0. The highest BCUT2D eigenvalue weighted by molar-refractivity contribution is 6.23. The number of carbonyl (C=O) groups excluding carboxylic acids is 3. The Bertz CT molecular complexity index is 1160. The van der Waals surface area contributed by atoms with Gasteiger partial charge in [0.25, 0.3) is 0 Å². The van der Waals surface area contributed by atoms with E-state index in [0.29, 0.717) is 11.4 Å². The van der Waals surface area contributed by atoms with Gasteiger partial charge in [0, 0.05) is 24.8 Å². The van der Waals surface area contributed by atoms with Crippen LogP contribution in [0.1, 0.15) is 41.0 Å². The van der Waals surface area contributed by atoms with Crippen molar-refractivity contribution in [2.45, 2.75) is 18.8 Å². The first kappa shape index (κ1) is 18.1. The molecule has 0 unspecified atom stereocenters. The van der Waals surface area contributed by atoms with Crippen LogP contribution < -0.4 is 9.64 Å². The van der Waals surface area contributed by atoms with E-state index in [9.17, 15) is 14.4 Å². The molecule has 0 aromatic heterocycles. The Hall–Kier alpha value is -3.73. The summed E-state index contributed by atoms with van der Waals surface area (Å²) in [5.41, 5.74) is 5.01. The predicted octanol–water partition coefficient (Wildman–Crippen LogP) is 4.01. The molecule has 1 aliphatic heterocycles. The Balaban J connectivity index is 1.50. The first-order chi connectivity index (χ1) is 15.1. The summed E-state index contributed by atoms with van der Waals surface area (Å²) in [6.45, 7) is 1.32.